The van der Waals surface area contributed by atoms with Gasteiger partial charge < -0.3 is 10.4 Å². The van der Waals surface area contributed by atoms with E-state index in [0.717, 1.165) is 0 Å². The second-order valence-electron chi connectivity index (χ2n) is 3.64. The number of carboxylic acid groups (broad SMARTS) is 1. The minimum Gasteiger partial charge on any atom is -0.481 e. The quantitative estimate of drug-likeness (QED) is 0.712. The molecule has 1 atom stereocenters. The summed E-state index contributed by atoms with van der Waals surface area (Å²) in [6, 6.07) is 1.93. The van der Waals surface area contributed by atoms with Crippen molar-refractivity contribution in [3.05, 3.63) is 21.9 Å². The Bertz CT molecular complexity index is 362. The van der Waals surface area contributed by atoms with Gasteiger partial charge in [0.2, 0.25) is 6.41 Å². The number of carbonyl (C=O) groups excluding carboxylic acids is 1. The van der Waals surface area contributed by atoms with Crippen LogP contribution >= 0.6 is 11.3 Å². The largest absolute Gasteiger partial charge is 0.481 e. The van der Waals surface area contributed by atoms with Crippen molar-refractivity contribution in [3.8, 4) is 0 Å². The Morgan fingerprint density at radius 1 is 1.69 bits per heavy atom. The second kappa shape index (κ2) is 6.27. The van der Waals surface area contributed by atoms with Gasteiger partial charge in [0, 0.05) is 23.8 Å². The maximum Gasteiger partial charge on any atom is 0.303 e. The summed E-state index contributed by atoms with van der Waals surface area (Å²) in [7, 11) is 0. The highest BCUT2D eigenvalue weighted by Crippen LogP contribution is 2.18. The summed E-state index contributed by atoms with van der Waals surface area (Å²) in [6.07, 6.45) is 1.88. The zero-order valence-electron chi connectivity index (χ0n) is 9.10. The van der Waals surface area contributed by atoms with Crippen molar-refractivity contribution in [2.24, 2.45) is 0 Å². The van der Waals surface area contributed by atoms with Crippen LogP contribution in [0.25, 0.3) is 0 Å². The molecule has 1 aromatic rings. The minimum absolute atomic E-state index is 0.0793. The highest BCUT2D eigenvalue weighted by atomic mass is 32.1. The van der Waals surface area contributed by atoms with Gasteiger partial charge >= 0.3 is 5.97 Å². The molecule has 1 heterocycles. The first-order valence-corrected chi connectivity index (χ1v) is 5.96. The van der Waals surface area contributed by atoms with Crippen molar-refractivity contribution >= 4 is 23.7 Å². The maximum atomic E-state index is 10.5. The van der Waals surface area contributed by atoms with Crippen LogP contribution in [0.5, 0.6) is 0 Å². The summed E-state index contributed by atoms with van der Waals surface area (Å²) < 4.78 is 0. The summed E-state index contributed by atoms with van der Waals surface area (Å²) in [4.78, 5) is 22.1. The third-order valence-electron chi connectivity index (χ3n) is 2.41. The molecule has 0 bridgehead atoms. The predicted octanol–water partition coefficient (Wildman–Crippen LogP) is 1.58. The molecule has 0 saturated heterocycles. The lowest BCUT2D eigenvalue weighted by Crippen LogP contribution is -2.30. The molecule has 0 radical (unpaired) electrons. The molecule has 88 valence electrons. The van der Waals surface area contributed by atoms with Crippen LogP contribution in [0.4, 0.5) is 0 Å². The van der Waals surface area contributed by atoms with Gasteiger partial charge in [-0.15, -0.1) is 11.3 Å². The van der Waals surface area contributed by atoms with Crippen LogP contribution in [-0.4, -0.2) is 23.5 Å². The molecule has 2 N–H and O–H groups in total. The lowest BCUT2D eigenvalue weighted by atomic mass is 10.1. The number of hydrogen-bond acceptors (Lipinski definition) is 3. The zero-order chi connectivity index (χ0) is 12.0. The highest BCUT2D eigenvalue weighted by molar-refractivity contribution is 7.10. The molecule has 16 heavy (non-hydrogen) atoms. The fraction of sp³-hybridized carbons (Fsp3) is 0.455. The van der Waals surface area contributed by atoms with Crippen LogP contribution in [0.2, 0.25) is 0 Å². The molecule has 1 rings (SSSR count). The van der Waals surface area contributed by atoms with Gasteiger partial charge in [-0.3, -0.25) is 9.59 Å². The van der Waals surface area contributed by atoms with Gasteiger partial charge in [-0.25, -0.2) is 0 Å². The Morgan fingerprint density at radius 3 is 2.94 bits per heavy atom. The van der Waals surface area contributed by atoms with E-state index in [2.05, 4.69) is 5.32 Å². The lowest BCUT2D eigenvalue weighted by molar-refractivity contribution is -0.137. The number of aliphatic carboxylic acids is 1. The third kappa shape index (κ3) is 4.02. The molecule has 1 amide bonds. The average Bonchev–Trinajstić information content (AvgIpc) is 2.61. The van der Waals surface area contributed by atoms with E-state index in [1.54, 1.807) is 11.3 Å². The van der Waals surface area contributed by atoms with Crippen molar-refractivity contribution in [1.82, 2.24) is 5.32 Å². The van der Waals surface area contributed by atoms with Gasteiger partial charge in [-0.1, -0.05) is 0 Å². The van der Waals surface area contributed by atoms with Crippen molar-refractivity contribution in [2.75, 3.05) is 0 Å². The van der Waals surface area contributed by atoms with E-state index in [4.69, 9.17) is 5.11 Å². The van der Waals surface area contributed by atoms with Crippen molar-refractivity contribution in [3.63, 3.8) is 0 Å². The summed E-state index contributed by atoms with van der Waals surface area (Å²) in [5, 5.41) is 13.3. The SMILES string of the molecule is Cc1ccsc1CC(CCC(=O)O)NC=O. The zero-order valence-corrected chi connectivity index (χ0v) is 9.92. The first-order chi connectivity index (χ1) is 7.63. The molecule has 0 spiro atoms. The van der Waals surface area contributed by atoms with Gasteiger partial charge in [-0.05, 0) is 30.4 Å². The molecule has 1 unspecified atom stereocenters. The molecule has 0 fully saturated rings. The van der Waals surface area contributed by atoms with Crippen molar-refractivity contribution < 1.29 is 14.7 Å². The third-order valence-corrected chi connectivity index (χ3v) is 3.46. The van der Waals surface area contributed by atoms with Crippen LogP contribution in [0.3, 0.4) is 0 Å². The van der Waals surface area contributed by atoms with E-state index in [9.17, 15) is 9.59 Å². The van der Waals surface area contributed by atoms with E-state index in [0.29, 0.717) is 19.3 Å². The number of carboxylic acids is 1. The molecule has 1 aromatic heterocycles. The van der Waals surface area contributed by atoms with Crippen LogP contribution < -0.4 is 5.32 Å². The Morgan fingerprint density at radius 2 is 2.44 bits per heavy atom. The topological polar surface area (TPSA) is 66.4 Å². The summed E-state index contributed by atoms with van der Waals surface area (Å²) in [6.45, 7) is 2.01. The normalized spacial score (nSPS) is 12.1. The first kappa shape index (κ1) is 12.7. The fourth-order valence-electron chi connectivity index (χ4n) is 1.48. The van der Waals surface area contributed by atoms with Crippen LogP contribution in [-0.2, 0) is 16.0 Å². The number of nitrogens with one attached hydrogen (secondary N) is 1. The summed E-state index contributed by atoms with van der Waals surface area (Å²) in [5.74, 6) is -0.833. The number of thiophene rings is 1. The van der Waals surface area contributed by atoms with E-state index < -0.39 is 5.97 Å². The van der Waals surface area contributed by atoms with E-state index in [-0.39, 0.29) is 12.5 Å². The molecular formula is C11H15NO3S. The molecule has 0 aliphatic heterocycles. The fourth-order valence-corrected chi connectivity index (χ4v) is 2.46. The molecule has 4 nitrogen and oxygen atoms in total. The Labute approximate surface area is 98.3 Å². The lowest BCUT2D eigenvalue weighted by Gasteiger charge is -2.14. The van der Waals surface area contributed by atoms with Crippen molar-refractivity contribution in [2.45, 2.75) is 32.2 Å². The maximum absolute atomic E-state index is 10.5. The minimum atomic E-state index is -0.833. The molecular weight excluding hydrogens is 226 g/mol. The number of rotatable bonds is 7. The smallest absolute Gasteiger partial charge is 0.303 e. The van der Waals surface area contributed by atoms with Gasteiger partial charge in [0.1, 0.15) is 0 Å². The van der Waals surface area contributed by atoms with Crippen molar-refractivity contribution in [1.29, 1.82) is 0 Å². The summed E-state index contributed by atoms with van der Waals surface area (Å²) >= 11 is 1.63. The van der Waals surface area contributed by atoms with Gasteiger partial charge in [0.25, 0.3) is 0 Å². The number of hydrogen-bond donors (Lipinski definition) is 2. The number of carbonyl (C=O) groups is 2. The Hall–Kier alpha value is -1.36. The number of aryl methyl sites for hydroxylation is 1. The molecule has 0 aromatic carbocycles. The molecule has 0 saturated carbocycles. The van der Waals surface area contributed by atoms with Gasteiger partial charge in [0.15, 0.2) is 0 Å². The van der Waals surface area contributed by atoms with E-state index in [1.165, 1.54) is 10.4 Å². The predicted molar refractivity (Wildman–Crippen MR) is 62.6 cm³/mol. The monoisotopic (exact) mass is 241 g/mol. The Balaban J connectivity index is 2.53. The number of amides is 1. The first-order valence-electron chi connectivity index (χ1n) is 5.08. The highest BCUT2D eigenvalue weighted by Gasteiger charge is 2.12. The molecule has 0 aliphatic carbocycles. The average molecular weight is 241 g/mol. The van der Waals surface area contributed by atoms with E-state index in [1.807, 2.05) is 18.4 Å². The molecule has 0 aliphatic rings. The second-order valence-corrected chi connectivity index (χ2v) is 4.65. The van der Waals surface area contributed by atoms with E-state index >= 15 is 0 Å². The molecule has 5 heteroatoms. The van der Waals surface area contributed by atoms with Crippen LogP contribution in [0.15, 0.2) is 11.4 Å². The Kier molecular flexibility index (Phi) is 4.98. The van der Waals surface area contributed by atoms with Crippen LogP contribution in [0, 0.1) is 6.92 Å². The summed E-state index contributed by atoms with van der Waals surface area (Å²) in [5.41, 5.74) is 1.19. The van der Waals surface area contributed by atoms with Crippen LogP contribution in [0.1, 0.15) is 23.3 Å². The van der Waals surface area contributed by atoms with Gasteiger partial charge in [-0.2, -0.15) is 0 Å². The van der Waals surface area contributed by atoms with Gasteiger partial charge in [0.05, 0.1) is 0 Å². The standard InChI is InChI=1S/C11H15NO3S/c1-8-4-5-16-10(8)6-9(12-7-13)2-3-11(14)15/h4-5,7,9H,2-3,6H2,1H3,(H,12,13)(H,14,15).